The van der Waals surface area contributed by atoms with E-state index in [1.165, 1.54) is 28.8 Å². The van der Waals surface area contributed by atoms with Gasteiger partial charge in [-0.1, -0.05) is 66.5 Å². The van der Waals surface area contributed by atoms with E-state index >= 15 is 0 Å². The van der Waals surface area contributed by atoms with Gasteiger partial charge >= 0.3 is 0 Å². The zero-order valence-electron chi connectivity index (χ0n) is 15.1. The minimum atomic E-state index is -0.389. The number of phenolic OH excluding ortho intramolecular Hbond substituents is 1. The van der Waals surface area contributed by atoms with E-state index in [2.05, 4.69) is 5.32 Å². The molecule has 1 heterocycles. The molecule has 142 valence electrons. The molecule has 0 spiro atoms. The fourth-order valence-corrected chi connectivity index (χ4v) is 3.93. The first-order chi connectivity index (χ1) is 13.4. The molecule has 0 unspecified atom stereocenters. The number of thioether (sulfide) groups is 1. The lowest BCUT2D eigenvalue weighted by molar-refractivity contribution is -0.126. The number of aromatic hydroxyl groups is 1. The van der Waals surface area contributed by atoms with Gasteiger partial charge in [0.15, 0.2) is 0 Å². The second-order valence-corrected chi connectivity index (χ2v) is 7.84. The number of rotatable bonds is 5. The molecule has 0 atom stereocenters. The summed E-state index contributed by atoms with van der Waals surface area (Å²) in [5, 5.41) is 12.1. The second kappa shape index (κ2) is 8.86. The molecule has 1 saturated heterocycles. The number of anilines is 1. The van der Waals surface area contributed by atoms with Crippen LogP contribution in [-0.4, -0.2) is 32.7 Å². The molecule has 28 heavy (non-hydrogen) atoms. The van der Waals surface area contributed by atoms with E-state index in [1.807, 2.05) is 43.3 Å². The summed E-state index contributed by atoms with van der Waals surface area (Å²) < 4.78 is 0.342. The predicted molar refractivity (Wildman–Crippen MR) is 117 cm³/mol. The van der Waals surface area contributed by atoms with Crippen LogP contribution in [0.2, 0.25) is 0 Å². The molecular formula is C21H18N2O3S2. The molecule has 0 radical (unpaired) electrons. The van der Waals surface area contributed by atoms with E-state index in [1.54, 1.807) is 18.2 Å². The van der Waals surface area contributed by atoms with Gasteiger partial charge < -0.3 is 10.4 Å². The van der Waals surface area contributed by atoms with Gasteiger partial charge in [0.2, 0.25) is 5.91 Å². The smallest absolute Gasteiger partial charge is 0.266 e. The van der Waals surface area contributed by atoms with Crippen molar-refractivity contribution in [3.8, 4) is 5.75 Å². The van der Waals surface area contributed by atoms with Crippen molar-refractivity contribution in [3.63, 3.8) is 0 Å². The zero-order chi connectivity index (χ0) is 20.1. The molecule has 1 aliphatic rings. The third-order valence-corrected chi connectivity index (χ3v) is 5.24. The Morgan fingerprint density at radius 1 is 1.21 bits per heavy atom. The highest BCUT2D eigenvalue weighted by Gasteiger charge is 2.33. The van der Waals surface area contributed by atoms with E-state index in [-0.39, 0.29) is 24.1 Å². The van der Waals surface area contributed by atoms with Crippen molar-refractivity contribution in [2.75, 3.05) is 11.9 Å². The number of nitrogens with one attached hydrogen (secondary N) is 1. The first-order valence-electron chi connectivity index (χ1n) is 8.50. The number of benzene rings is 2. The first-order valence-corrected chi connectivity index (χ1v) is 9.72. The Balaban J connectivity index is 1.67. The van der Waals surface area contributed by atoms with Gasteiger partial charge in [-0.25, -0.2) is 0 Å². The topological polar surface area (TPSA) is 69.6 Å². The van der Waals surface area contributed by atoms with E-state index in [4.69, 9.17) is 12.2 Å². The molecule has 3 rings (SSSR count). The van der Waals surface area contributed by atoms with Gasteiger partial charge in [0, 0.05) is 11.8 Å². The van der Waals surface area contributed by atoms with Crippen molar-refractivity contribution in [2.24, 2.45) is 0 Å². The van der Waals surface area contributed by atoms with Crippen LogP contribution in [0.3, 0.4) is 0 Å². The van der Waals surface area contributed by atoms with Crippen LogP contribution < -0.4 is 5.32 Å². The highest BCUT2D eigenvalue weighted by molar-refractivity contribution is 8.26. The summed E-state index contributed by atoms with van der Waals surface area (Å²) >= 11 is 6.45. The Bertz CT molecular complexity index is 984. The maximum absolute atomic E-state index is 12.6. The molecular weight excluding hydrogens is 392 g/mol. The average molecular weight is 411 g/mol. The molecule has 2 amide bonds. The van der Waals surface area contributed by atoms with E-state index < -0.39 is 0 Å². The molecule has 2 aromatic carbocycles. The molecule has 1 aliphatic heterocycles. The van der Waals surface area contributed by atoms with Crippen molar-refractivity contribution in [1.29, 1.82) is 0 Å². The number of hydrogen-bond acceptors (Lipinski definition) is 5. The summed E-state index contributed by atoms with van der Waals surface area (Å²) in [6.07, 6.45) is 3.75. The number of allylic oxidation sites excluding steroid dienone is 2. The Labute approximate surface area is 172 Å². The quantitative estimate of drug-likeness (QED) is 0.572. The van der Waals surface area contributed by atoms with Crippen LogP contribution in [0, 0.1) is 0 Å². The Hall–Kier alpha value is -2.90. The normalized spacial score (nSPS) is 16.0. The van der Waals surface area contributed by atoms with Crippen molar-refractivity contribution in [2.45, 2.75) is 6.92 Å². The van der Waals surface area contributed by atoms with Gasteiger partial charge in [-0.15, -0.1) is 0 Å². The number of nitrogens with zero attached hydrogens (tertiary/aromatic N) is 1. The lowest BCUT2D eigenvalue weighted by Gasteiger charge is -2.14. The molecule has 0 aliphatic carbocycles. The number of amides is 2. The minimum absolute atomic E-state index is 0.0482. The first kappa shape index (κ1) is 19.9. The molecule has 2 aromatic rings. The van der Waals surface area contributed by atoms with Crippen molar-refractivity contribution < 1.29 is 14.7 Å². The number of thiocarbonyl (C=S) groups is 1. The molecule has 7 heteroatoms. The molecule has 2 N–H and O–H groups in total. The largest absolute Gasteiger partial charge is 0.508 e. The SMILES string of the molecule is CC(/C=C1\SC(=S)N(CC(=O)Nc2cccc(O)c2)C1=O)=C\c1ccccc1. The van der Waals surface area contributed by atoms with Crippen LogP contribution in [-0.2, 0) is 9.59 Å². The minimum Gasteiger partial charge on any atom is -0.508 e. The number of hydrogen-bond donors (Lipinski definition) is 2. The Morgan fingerprint density at radius 2 is 1.96 bits per heavy atom. The summed E-state index contributed by atoms with van der Waals surface area (Å²) in [6, 6.07) is 16.0. The van der Waals surface area contributed by atoms with E-state index in [0.29, 0.717) is 14.9 Å². The van der Waals surface area contributed by atoms with Crippen molar-refractivity contribution in [3.05, 3.63) is 76.7 Å². The van der Waals surface area contributed by atoms with Gasteiger partial charge in [0.05, 0.1) is 4.91 Å². The fraction of sp³-hybridized carbons (Fsp3) is 0.0952. The van der Waals surface area contributed by atoms with Gasteiger partial charge in [0.1, 0.15) is 16.6 Å². The van der Waals surface area contributed by atoms with E-state index in [0.717, 1.165) is 11.1 Å². The van der Waals surface area contributed by atoms with Crippen molar-refractivity contribution >= 4 is 51.9 Å². The van der Waals surface area contributed by atoms with Crippen LogP contribution in [0.4, 0.5) is 5.69 Å². The highest BCUT2D eigenvalue weighted by Crippen LogP contribution is 2.32. The summed E-state index contributed by atoms with van der Waals surface area (Å²) in [5.74, 6) is -0.631. The molecule has 1 fully saturated rings. The Morgan fingerprint density at radius 3 is 2.68 bits per heavy atom. The van der Waals surface area contributed by atoms with Crippen LogP contribution in [0.1, 0.15) is 12.5 Å². The second-order valence-electron chi connectivity index (χ2n) is 6.17. The summed E-state index contributed by atoms with van der Waals surface area (Å²) in [5.41, 5.74) is 2.40. The standard InChI is InChI=1S/C21H18N2O3S2/c1-14(10-15-6-3-2-4-7-15)11-18-20(26)23(21(27)28-18)13-19(25)22-16-8-5-9-17(24)12-16/h2-12,24H,13H2,1H3,(H,22,25)/b14-10+,18-11-. The lowest BCUT2D eigenvalue weighted by atomic mass is 10.1. The Kier molecular flexibility index (Phi) is 6.28. The summed E-state index contributed by atoms with van der Waals surface area (Å²) in [7, 11) is 0. The van der Waals surface area contributed by atoms with Crippen LogP contribution >= 0.6 is 24.0 Å². The summed E-state index contributed by atoms with van der Waals surface area (Å²) in [4.78, 5) is 26.7. The van der Waals surface area contributed by atoms with Gasteiger partial charge in [-0.05, 0) is 36.3 Å². The van der Waals surface area contributed by atoms with E-state index in [9.17, 15) is 14.7 Å². The lowest BCUT2D eigenvalue weighted by Crippen LogP contribution is -2.36. The van der Waals surface area contributed by atoms with Crippen LogP contribution in [0.15, 0.2) is 71.2 Å². The highest BCUT2D eigenvalue weighted by atomic mass is 32.2. The predicted octanol–water partition coefficient (Wildman–Crippen LogP) is 4.18. The summed E-state index contributed by atoms with van der Waals surface area (Å²) in [6.45, 7) is 1.73. The maximum Gasteiger partial charge on any atom is 0.266 e. The third-order valence-electron chi connectivity index (χ3n) is 3.86. The number of carbonyl (C=O) groups is 2. The number of phenols is 1. The van der Waals surface area contributed by atoms with Gasteiger partial charge in [-0.2, -0.15) is 0 Å². The number of carbonyl (C=O) groups excluding carboxylic acids is 2. The average Bonchev–Trinajstić information content (AvgIpc) is 2.90. The third kappa shape index (κ3) is 5.09. The molecule has 0 aromatic heterocycles. The van der Waals surface area contributed by atoms with Crippen LogP contribution in [0.25, 0.3) is 6.08 Å². The van der Waals surface area contributed by atoms with Crippen LogP contribution in [0.5, 0.6) is 5.75 Å². The fourth-order valence-electron chi connectivity index (χ4n) is 2.62. The van der Waals surface area contributed by atoms with Crippen molar-refractivity contribution in [1.82, 2.24) is 4.90 Å². The maximum atomic E-state index is 12.6. The monoisotopic (exact) mass is 410 g/mol. The molecule has 5 nitrogen and oxygen atoms in total. The molecule has 0 bridgehead atoms. The zero-order valence-corrected chi connectivity index (χ0v) is 16.7. The van der Waals surface area contributed by atoms with Gasteiger partial charge in [-0.3, -0.25) is 14.5 Å². The van der Waals surface area contributed by atoms with Gasteiger partial charge in [0.25, 0.3) is 5.91 Å². The molecule has 0 saturated carbocycles.